The number of carbonyl (C=O) groups excluding carboxylic acids is 2. The Balaban J connectivity index is 1.80. The van der Waals surface area contributed by atoms with Crippen LogP contribution in [0.4, 0.5) is 4.79 Å². The van der Waals surface area contributed by atoms with Crippen LogP contribution >= 0.6 is 27.7 Å². The average Bonchev–Trinajstić information content (AvgIpc) is 3.07. The number of hydrogen-bond donors (Lipinski definition) is 3. The van der Waals surface area contributed by atoms with E-state index in [4.69, 9.17) is 9.57 Å². The second kappa shape index (κ2) is 11.1. The fourth-order valence-electron chi connectivity index (χ4n) is 2.20. The van der Waals surface area contributed by atoms with Gasteiger partial charge in [-0.2, -0.15) is 11.8 Å². The fraction of sp³-hybridized carbons (Fsp3) is 0.412. The number of ether oxygens (including phenoxy) is 1. The van der Waals surface area contributed by atoms with E-state index >= 15 is 0 Å². The first-order valence-corrected chi connectivity index (χ1v) is 10.3. The van der Waals surface area contributed by atoms with Crippen LogP contribution in [0.5, 0.6) is 0 Å². The van der Waals surface area contributed by atoms with Crippen LogP contribution in [0.1, 0.15) is 12.0 Å². The van der Waals surface area contributed by atoms with Gasteiger partial charge in [0.1, 0.15) is 23.4 Å². The van der Waals surface area contributed by atoms with Gasteiger partial charge in [-0.05, 0) is 46.0 Å². The van der Waals surface area contributed by atoms with Gasteiger partial charge in [-0.1, -0.05) is 30.3 Å². The maximum atomic E-state index is 12.4. The predicted octanol–water partition coefficient (Wildman–Crippen LogP) is 2.29. The topological polar surface area (TPSA) is 88.7 Å². The minimum Gasteiger partial charge on any atom is -0.445 e. The van der Waals surface area contributed by atoms with Crippen molar-refractivity contribution in [3.63, 3.8) is 0 Å². The van der Waals surface area contributed by atoms with Crippen molar-refractivity contribution in [3.05, 3.63) is 46.6 Å². The SMILES string of the molecule is CSCC[C@H](NC(=O)OCc1ccccc1)C(=O)NCC1C=C(Br)NO1. The van der Waals surface area contributed by atoms with Crippen LogP contribution in [-0.2, 0) is 21.0 Å². The third-order valence-corrected chi connectivity index (χ3v) is 4.62. The molecule has 1 heterocycles. The smallest absolute Gasteiger partial charge is 0.408 e. The number of thioether (sulfide) groups is 1. The highest BCUT2D eigenvalue weighted by Crippen LogP contribution is 2.11. The summed E-state index contributed by atoms with van der Waals surface area (Å²) in [5.74, 6) is 0.472. The van der Waals surface area contributed by atoms with Crippen molar-refractivity contribution in [3.8, 4) is 0 Å². The first-order valence-electron chi connectivity index (χ1n) is 8.11. The standard InChI is InChI=1S/C17H22BrN3O4S/c1-26-8-7-14(16(22)19-10-13-9-15(18)21-25-13)20-17(23)24-11-12-5-3-2-4-6-12/h2-6,9,13-14,21H,7-8,10-11H2,1H3,(H,19,22)(H,20,23)/t13?,14-/m0/s1. The zero-order valence-electron chi connectivity index (χ0n) is 14.4. The molecular weight excluding hydrogens is 422 g/mol. The van der Waals surface area contributed by atoms with Gasteiger partial charge in [0.15, 0.2) is 0 Å². The molecule has 3 N–H and O–H groups in total. The van der Waals surface area contributed by atoms with Gasteiger partial charge in [-0.15, -0.1) is 0 Å². The van der Waals surface area contributed by atoms with Gasteiger partial charge in [0, 0.05) is 0 Å². The Morgan fingerprint density at radius 2 is 2.15 bits per heavy atom. The van der Waals surface area contributed by atoms with E-state index in [0.29, 0.717) is 13.0 Å². The van der Waals surface area contributed by atoms with Gasteiger partial charge in [0.05, 0.1) is 6.54 Å². The molecule has 0 bridgehead atoms. The molecule has 0 radical (unpaired) electrons. The van der Waals surface area contributed by atoms with Crippen LogP contribution in [0.15, 0.2) is 41.0 Å². The Labute approximate surface area is 165 Å². The van der Waals surface area contributed by atoms with Gasteiger partial charge in [-0.25, -0.2) is 4.79 Å². The van der Waals surface area contributed by atoms with Gasteiger partial charge in [0.25, 0.3) is 0 Å². The molecule has 9 heteroatoms. The number of hydrogen-bond acceptors (Lipinski definition) is 6. The van der Waals surface area contributed by atoms with Crippen molar-refractivity contribution in [1.82, 2.24) is 16.1 Å². The van der Waals surface area contributed by atoms with Crippen LogP contribution in [0.3, 0.4) is 0 Å². The molecule has 2 rings (SSSR count). The third-order valence-electron chi connectivity index (χ3n) is 3.55. The number of benzene rings is 1. The molecule has 0 aliphatic carbocycles. The lowest BCUT2D eigenvalue weighted by Gasteiger charge is -2.19. The summed E-state index contributed by atoms with van der Waals surface area (Å²) in [6.45, 7) is 0.460. The van der Waals surface area contributed by atoms with E-state index in [0.717, 1.165) is 15.9 Å². The Morgan fingerprint density at radius 1 is 1.38 bits per heavy atom. The Bertz CT molecular complexity index is 630. The Morgan fingerprint density at radius 3 is 2.81 bits per heavy atom. The molecule has 142 valence electrons. The quantitative estimate of drug-likeness (QED) is 0.507. The van der Waals surface area contributed by atoms with Gasteiger partial charge in [0.2, 0.25) is 5.91 Å². The number of carbonyl (C=O) groups is 2. The Kier molecular flexibility index (Phi) is 8.79. The number of halogens is 1. The zero-order valence-corrected chi connectivity index (χ0v) is 16.8. The third kappa shape index (κ3) is 7.27. The van der Waals surface area contributed by atoms with Crippen LogP contribution < -0.4 is 16.1 Å². The molecule has 0 saturated carbocycles. The number of nitrogens with one attached hydrogen (secondary N) is 3. The molecule has 2 atom stereocenters. The number of amides is 2. The van der Waals surface area contributed by atoms with Crippen molar-refractivity contribution in [2.75, 3.05) is 18.6 Å². The molecule has 1 aliphatic heterocycles. The first kappa shape index (κ1) is 20.6. The number of alkyl carbamates (subject to hydrolysis) is 1. The molecule has 7 nitrogen and oxygen atoms in total. The molecule has 1 aliphatic rings. The summed E-state index contributed by atoms with van der Waals surface area (Å²) in [5, 5.41) is 5.42. The van der Waals surface area contributed by atoms with E-state index in [1.54, 1.807) is 17.8 Å². The van der Waals surface area contributed by atoms with Crippen LogP contribution in [0.2, 0.25) is 0 Å². The summed E-state index contributed by atoms with van der Waals surface area (Å²) in [6, 6.07) is 8.71. The molecule has 1 aromatic rings. The summed E-state index contributed by atoms with van der Waals surface area (Å²) in [4.78, 5) is 29.7. The zero-order chi connectivity index (χ0) is 18.8. The molecule has 0 spiro atoms. The molecule has 2 amide bonds. The second-order valence-electron chi connectivity index (χ2n) is 5.56. The van der Waals surface area contributed by atoms with E-state index in [2.05, 4.69) is 32.0 Å². The minimum atomic E-state index is -0.660. The van der Waals surface area contributed by atoms with E-state index in [-0.39, 0.29) is 18.6 Å². The highest BCUT2D eigenvalue weighted by Gasteiger charge is 2.23. The van der Waals surface area contributed by atoms with Crippen molar-refractivity contribution in [1.29, 1.82) is 0 Å². The van der Waals surface area contributed by atoms with E-state index in [1.165, 1.54) is 0 Å². The summed E-state index contributed by atoms with van der Waals surface area (Å²) < 4.78 is 5.91. The first-order chi connectivity index (χ1) is 12.6. The second-order valence-corrected chi connectivity index (χ2v) is 7.40. The summed E-state index contributed by atoms with van der Waals surface area (Å²) in [6.07, 6.45) is 3.38. The van der Waals surface area contributed by atoms with Crippen LogP contribution in [0, 0.1) is 0 Å². The maximum Gasteiger partial charge on any atom is 0.408 e. The van der Waals surface area contributed by atoms with Crippen molar-refractivity contribution in [2.45, 2.75) is 25.2 Å². The molecule has 1 aromatic carbocycles. The lowest BCUT2D eigenvalue weighted by Crippen LogP contribution is -2.48. The van der Waals surface area contributed by atoms with Gasteiger partial charge in [-0.3, -0.25) is 15.1 Å². The highest BCUT2D eigenvalue weighted by molar-refractivity contribution is 9.11. The van der Waals surface area contributed by atoms with E-state index < -0.39 is 12.1 Å². The predicted molar refractivity (Wildman–Crippen MR) is 105 cm³/mol. The largest absolute Gasteiger partial charge is 0.445 e. The summed E-state index contributed by atoms with van der Waals surface area (Å²) in [7, 11) is 0. The lowest BCUT2D eigenvalue weighted by molar-refractivity contribution is -0.123. The molecule has 0 aromatic heterocycles. The van der Waals surface area contributed by atoms with E-state index in [9.17, 15) is 9.59 Å². The molecule has 0 saturated heterocycles. The van der Waals surface area contributed by atoms with Crippen LogP contribution in [0.25, 0.3) is 0 Å². The molecular formula is C17H22BrN3O4S. The van der Waals surface area contributed by atoms with Crippen LogP contribution in [-0.4, -0.2) is 42.7 Å². The fourth-order valence-corrected chi connectivity index (χ4v) is 3.06. The van der Waals surface area contributed by atoms with Crippen molar-refractivity contribution >= 4 is 39.7 Å². The van der Waals surface area contributed by atoms with Gasteiger partial charge < -0.3 is 15.4 Å². The number of hydroxylamine groups is 1. The molecule has 26 heavy (non-hydrogen) atoms. The Hall–Kier alpha value is -1.71. The molecule has 0 fully saturated rings. The summed E-state index contributed by atoms with van der Waals surface area (Å²) in [5.41, 5.74) is 3.54. The average molecular weight is 444 g/mol. The molecule has 1 unspecified atom stereocenters. The maximum absolute atomic E-state index is 12.4. The highest BCUT2D eigenvalue weighted by atomic mass is 79.9. The number of rotatable bonds is 9. The van der Waals surface area contributed by atoms with Crippen molar-refractivity contribution < 1.29 is 19.2 Å². The summed E-state index contributed by atoms with van der Waals surface area (Å²) >= 11 is 4.86. The lowest BCUT2D eigenvalue weighted by atomic mass is 10.2. The van der Waals surface area contributed by atoms with E-state index in [1.807, 2.05) is 36.6 Å². The van der Waals surface area contributed by atoms with Gasteiger partial charge >= 0.3 is 6.09 Å². The monoisotopic (exact) mass is 443 g/mol. The minimum absolute atomic E-state index is 0.157. The normalized spacial score (nSPS) is 17.0. The van der Waals surface area contributed by atoms with Crippen molar-refractivity contribution in [2.24, 2.45) is 0 Å².